The Morgan fingerprint density at radius 2 is 1.86 bits per heavy atom. The van der Waals surface area contributed by atoms with Crippen LogP contribution in [0, 0.1) is 0 Å². The van der Waals surface area contributed by atoms with Crippen molar-refractivity contribution in [1.82, 2.24) is 5.32 Å². The zero-order chi connectivity index (χ0) is 15.2. The molecule has 21 heavy (non-hydrogen) atoms. The molecule has 0 saturated heterocycles. The van der Waals surface area contributed by atoms with Gasteiger partial charge in [0.05, 0.1) is 18.2 Å². The summed E-state index contributed by atoms with van der Waals surface area (Å²) in [4.78, 5) is 12.4. The standard InChI is InChI=1S/C17H18BrNO2/c1-3-21-16-7-5-4-6-15(16)17(20)19-12(2)13-8-10-14(18)11-9-13/h4-12H,3H2,1-2H3,(H,19,20). The summed E-state index contributed by atoms with van der Waals surface area (Å²) in [6, 6.07) is 15.1. The van der Waals surface area contributed by atoms with Crippen LogP contribution in [-0.4, -0.2) is 12.5 Å². The maximum atomic E-state index is 12.4. The van der Waals surface area contributed by atoms with Crippen molar-refractivity contribution in [2.75, 3.05) is 6.61 Å². The smallest absolute Gasteiger partial charge is 0.255 e. The SMILES string of the molecule is CCOc1ccccc1C(=O)NC(C)c1ccc(Br)cc1. The van der Waals surface area contributed by atoms with Gasteiger partial charge in [-0.05, 0) is 43.7 Å². The highest BCUT2D eigenvalue weighted by Gasteiger charge is 2.15. The Bertz CT molecular complexity index is 610. The summed E-state index contributed by atoms with van der Waals surface area (Å²) in [5, 5.41) is 3.00. The Hall–Kier alpha value is -1.81. The van der Waals surface area contributed by atoms with Gasteiger partial charge in [0.1, 0.15) is 5.75 Å². The molecule has 0 aromatic heterocycles. The molecule has 0 spiro atoms. The van der Waals surface area contributed by atoms with Crippen molar-refractivity contribution in [3.05, 3.63) is 64.1 Å². The van der Waals surface area contributed by atoms with Crippen molar-refractivity contribution < 1.29 is 9.53 Å². The first-order valence-corrected chi connectivity index (χ1v) is 7.69. The number of nitrogens with one attached hydrogen (secondary N) is 1. The summed E-state index contributed by atoms with van der Waals surface area (Å²) in [6.45, 7) is 4.40. The second-order valence-corrected chi connectivity index (χ2v) is 5.59. The van der Waals surface area contributed by atoms with Gasteiger partial charge in [-0.2, -0.15) is 0 Å². The lowest BCUT2D eigenvalue weighted by atomic mass is 10.1. The molecule has 0 heterocycles. The first-order chi connectivity index (χ1) is 10.1. The fourth-order valence-corrected chi connectivity index (χ4v) is 2.31. The molecular formula is C17H18BrNO2. The monoisotopic (exact) mass is 347 g/mol. The number of hydrogen-bond acceptors (Lipinski definition) is 2. The molecule has 0 bridgehead atoms. The zero-order valence-corrected chi connectivity index (χ0v) is 13.7. The molecule has 0 saturated carbocycles. The van der Waals surface area contributed by atoms with Gasteiger partial charge >= 0.3 is 0 Å². The molecule has 110 valence electrons. The highest BCUT2D eigenvalue weighted by atomic mass is 79.9. The number of para-hydroxylation sites is 1. The van der Waals surface area contributed by atoms with E-state index >= 15 is 0 Å². The minimum atomic E-state index is -0.130. The van der Waals surface area contributed by atoms with Crippen molar-refractivity contribution >= 4 is 21.8 Å². The summed E-state index contributed by atoms with van der Waals surface area (Å²) in [7, 11) is 0. The lowest BCUT2D eigenvalue weighted by Crippen LogP contribution is -2.27. The molecule has 2 aromatic rings. The Morgan fingerprint density at radius 3 is 2.52 bits per heavy atom. The summed E-state index contributed by atoms with van der Waals surface area (Å²) in [5.74, 6) is 0.481. The van der Waals surface area contributed by atoms with Gasteiger partial charge in [-0.15, -0.1) is 0 Å². The van der Waals surface area contributed by atoms with E-state index in [-0.39, 0.29) is 11.9 Å². The van der Waals surface area contributed by atoms with E-state index in [4.69, 9.17) is 4.74 Å². The number of ether oxygens (including phenoxy) is 1. The van der Waals surface area contributed by atoms with Gasteiger partial charge in [0.2, 0.25) is 0 Å². The minimum Gasteiger partial charge on any atom is -0.493 e. The number of amides is 1. The van der Waals surface area contributed by atoms with Gasteiger partial charge in [0.15, 0.2) is 0 Å². The third-order valence-electron chi connectivity index (χ3n) is 3.15. The number of carbonyl (C=O) groups is 1. The van der Waals surface area contributed by atoms with E-state index in [1.807, 2.05) is 56.3 Å². The average Bonchev–Trinajstić information content (AvgIpc) is 2.48. The number of benzene rings is 2. The minimum absolute atomic E-state index is 0.0692. The summed E-state index contributed by atoms with van der Waals surface area (Å²) < 4.78 is 6.51. The van der Waals surface area contributed by atoms with Crippen LogP contribution in [0.25, 0.3) is 0 Å². The molecule has 1 amide bonds. The van der Waals surface area contributed by atoms with Crippen LogP contribution < -0.4 is 10.1 Å². The van der Waals surface area contributed by atoms with Crippen LogP contribution in [0.1, 0.15) is 35.8 Å². The van der Waals surface area contributed by atoms with Crippen LogP contribution in [0.5, 0.6) is 5.75 Å². The summed E-state index contributed by atoms with van der Waals surface area (Å²) in [5.41, 5.74) is 1.61. The van der Waals surface area contributed by atoms with Crippen molar-refractivity contribution in [1.29, 1.82) is 0 Å². The third kappa shape index (κ3) is 4.08. The van der Waals surface area contributed by atoms with Gasteiger partial charge in [-0.25, -0.2) is 0 Å². The third-order valence-corrected chi connectivity index (χ3v) is 3.68. The number of carbonyl (C=O) groups excluding carboxylic acids is 1. The number of hydrogen-bond donors (Lipinski definition) is 1. The molecule has 1 atom stereocenters. The van der Waals surface area contributed by atoms with Crippen molar-refractivity contribution in [3.63, 3.8) is 0 Å². The molecule has 1 unspecified atom stereocenters. The van der Waals surface area contributed by atoms with E-state index in [9.17, 15) is 4.79 Å². The molecule has 0 aliphatic carbocycles. The fourth-order valence-electron chi connectivity index (χ4n) is 2.04. The second kappa shape index (κ2) is 7.27. The maximum Gasteiger partial charge on any atom is 0.255 e. The topological polar surface area (TPSA) is 38.3 Å². The lowest BCUT2D eigenvalue weighted by molar-refractivity contribution is 0.0936. The molecule has 0 radical (unpaired) electrons. The van der Waals surface area contributed by atoms with Crippen molar-refractivity contribution in [3.8, 4) is 5.75 Å². The predicted octanol–water partition coefficient (Wildman–Crippen LogP) is 4.34. The molecule has 0 aliphatic rings. The second-order valence-electron chi connectivity index (χ2n) is 4.68. The van der Waals surface area contributed by atoms with Crippen LogP contribution in [0.4, 0.5) is 0 Å². The Kier molecular flexibility index (Phi) is 5.39. The van der Waals surface area contributed by atoms with Gasteiger partial charge < -0.3 is 10.1 Å². The van der Waals surface area contributed by atoms with E-state index in [0.717, 1.165) is 10.0 Å². The summed E-state index contributed by atoms with van der Waals surface area (Å²) in [6.07, 6.45) is 0. The predicted molar refractivity (Wildman–Crippen MR) is 87.6 cm³/mol. The van der Waals surface area contributed by atoms with Crippen molar-refractivity contribution in [2.24, 2.45) is 0 Å². The van der Waals surface area contributed by atoms with Crippen LogP contribution in [0.15, 0.2) is 53.0 Å². The Balaban J connectivity index is 2.12. The Labute approximate surface area is 133 Å². The molecule has 0 aliphatic heterocycles. The summed E-state index contributed by atoms with van der Waals surface area (Å²) >= 11 is 3.41. The van der Waals surface area contributed by atoms with E-state index in [0.29, 0.717) is 17.9 Å². The molecule has 1 N–H and O–H groups in total. The van der Waals surface area contributed by atoms with Crippen LogP contribution in [0.3, 0.4) is 0 Å². The molecule has 2 rings (SSSR count). The van der Waals surface area contributed by atoms with Crippen LogP contribution >= 0.6 is 15.9 Å². The zero-order valence-electron chi connectivity index (χ0n) is 12.1. The van der Waals surface area contributed by atoms with E-state index in [2.05, 4.69) is 21.2 Å². The number of rotatable bonds is 5. The number of halogens is 1. The van der Waals surface area contributed by atoms with Gasteiger partial charge in [-0.1, -0.05) is 40.2 Å². The molecule has 0 fully saturated rings. The highest BCUT2D eigenvalue weighted by molar-refractivity contribution is 9.10. The van der Waals surface area contributed by atoms with E-state index in [1.165, 1.54) is 0 Å². The molecular weight excluding hydrogens is 330 g/mol. The highest BCUT2D eigenvalue weighted by Crippen LogP contribution is 2.20. The largest absolute Gasteiger partial charge is 0.493 e. The first kappa shape index (κ1) is 15.6. The van der Waals surface area contributed by atoms with E-state index in [1.54, 1.807) is 6.07 Å². The maximum absolute atomic E-state index is 12.4. The first-order valence-electron chi connectivity index (χ1n) is 6.90. The van der Waals surface area contributed by atoms with Gasteiger partial charge in [-0.3, -0.25) is 4.79 Å². The van der Waals surface area contributed by atoms with E-state index < -0.39 is 0 Å². The lowest BCUT2D eigenvalue weighted by Gasteiger charge is -2.16. The Morgan fingerprint density at radius 1 is 1.19 bits per heavy atom. The quantitative estimate of drug-likeness (QED) is 0.873. The van der Waals surface area contributed by atoms with Crippen LogP contribution in [-0.2, 0) is 0 Å². The van der Waals surface area contributed by atoms with Gasteiger partial charge in [0.25, 0.3) is 5.91 Å². The molecule has 3 nitrogen and oxygen atoms in total. The van der Waals surface area contributed by atoms with Crippen molar-refractivity contribution in [2.45, 2.75) is 19.9 Å². The average molecular weight is 348 g/mol. The fraction of sp³-hybridized carbons (Fsp3) is 0.235. The molecule has 4 heteroatoms. The van der Waals surface area contributed by atoms with Crippen LogP contribution in [0.2, 0.25) is 0 Å². The molecule has 2 aromatic carbocycles. The normalized spacial score (nSPS) is 11.8. The van der Waals surface area contributed by atoms with Gasteiger partial charge in [0, 0.05) is 4.47 Å².